The zero-order chi connectivity index (χ0) is 10.6. The fraction of sp³-hybridized carbons (Fsp3) is 0.250. The monoisotopic (exact) mass is 214 g/mol. The van der Waals surface area contributed by atoms with Crippen molar-refractivity contribution in [3.63, 3.8) is 0 Å². The number of nitrogens with one attached hydrogen (secondary N) is 1. The van der Waals surface area contributed by atoms with Crippen LogP contribution in [-0.4, -0.2) is 19.1 Å². The molecule has 0 saturated heterocycles. The fourth-order valence-electron chi connectivity index (χ4n) is 0.935. The summed E-state index contributed by atoms with van der Waals surface area (Å²) in [5, 5.41) is 5.88. The van der Waals surface area contributed by atoms with Gasteiger partial charge in [0.15, 0.2) is 0 Å². The van der Waals surface area contributed by atoms with Gasteiger partial charge >= 0.3 is 6.09 Å². The predicted octanol–water partition coefficient (Wildman–Crippen LogP) is 0.630. The number of nitrogens with two attached hydrogens (primary N) is 1. The van der Waals surface area contributed by atoms with Gasteiger partial charge in [0, 0.05) is 0 Å². The average molecular weight is 214 g/mol. The summed E-state index contributed by atoms with van der Waals surface area (Å²) >= 11 is 1.42. The summed E-state index contributed by atoms with van der Waals surface area (Å²) in [5.41, 5.74) is 5.79. The van der Waals surface area contributed by atoms with Crippen LogP contribution >= 0.6 is 11.3 Å². The summed E-state index contributed by atoms with van der Waals surface area (Å²) in [5.74, 6) is -0.617. The number of primary amides is 1. The van der Waals surface area contributed by atoms with E-state index in [2.05, 4.69) is 10.1 Å². The molecule has 76 valence electrons. The number of rotatable bonds is 3. The second kappa shape index (κ2) is 4.61. The minimum absolute atomic E-state index is 0.617. The van der Waals surface area contributed by atoms with Crippen molar-refractivity contribution in [3.8, 4) is 0 Å². The van der Waals surface area contributed by atoms with Gasteiger partial charge in [0.2, 0.25) is 5.91 Å². The van der Waals surface area contributed by atoms with E-state index in [-0.39, 0.29) is 0 Å². The molecule has 0 aliphatic carbocycles. The first-order chi connectivity index (χ1) is 6.65. The van der Waals surface area contributed by atoms with Crippen molar-refractivity contribution >= 4 is 23.3 Å². The Bertz CT molecular complexity index is 323. The molecule has 1 aromatic heterocycles. The van der Waals surface area contributed by atoms with E-state index in [1.807, 2.05) is 0 Å². The number of amides is 2. The molecular weight excluding hydrogens is 204 g/mol. The lowest BCUT2D eigenvalue weighted by Gasteiger charge is -2.12. The van der Waals surface area contributed by atoms with Gasteiger partial charge in [0.25, 0.3) is 0 Å². The third kappa shape index (κ3) is 2.46. The summed E-state index contributed by atoms with van der Waals surface area (Å²) in [6, 6.07) is 0.893. The van der Waals surface area contributed by atoms with E-state index < -0.39 is 18.0 Å². The molecular formula is C8H10N2O3S. The number of ether oxygens (including phenoxy) is 1. The number of thiophene rings is 1. The van der Waals surface area contributed by atoms with Crippen LogP contribution in [0.5, 0.6) is 0 Å². The molecule has 5 nitrogen and oxygen atoms in total. The summed E-state index contributed by atoms with van der Waals surface area (Å²) in [7, 11) is 1.22. The van der Waals surface area contributed by atoms with E-state index in [0.717, 1.165) is 0 Å². The molecule has 6 heteroatoms. The lowest BCUT2D eigenvalue weighted by molar-refractivity contribution is -0.120. The van der Waals surface area contributed by atoms with Gasteiger partial charge in [-0.15, -0.1) is 0 Å². The van der Waals surface area contributed by atoms with Crippen LogP contribution in [0.1, 0.15) is 11.6 Å². The van der Waals surface area contributed by atoms with E-state index in [9.17, 15) is 9.59 Å². The normalized spacial score (nSPS) is 11.8. The third-order valence-electron chi connectivity index (χ3n) is 1.61. The van der Waals surface area contributed by atoms with Crippen LogP contribution in [0, 0.1) is 0 Å². The van der Waals surface area contributed by atoms with Crippen LogP contribution < -0.4 is 11.1 Å². The Morgan fingerprint density at radius 1 is 1.64 bits per heavy atom. The Kier molecular flexibility index (Phi) is 3.47. The number of alkyl carbamates (subject to hydrolysis) is 1. The van der Waals surface area contributed by atoms with Crippen molar-refractivity contribution in [1.82, 2.24) is 5.32 Å². The Morgan fingerprint density at radius 2 is 2.36 bits per heavy atom. The Balaban J connectivity index is 2.76. The van der Waals surface area contributed by atoms with Crippen LogP contribution in [0.25, 0.3) is 0 Å². The van der Waals surface area contributed by atoms with Crippen LogP contribution in [0.2, 0.25) is 0 Å². The molecule has 1 rings (SSSR count). The lowest BCUT2D eigenvalue weighted by atomic mass is 10.1. The number of carbonyl (C=O) groups excluding carboxylic acids is 2. The zero-order valence-corrected chi connectivity index (χ0v) is 8.34. The van der Waals surface area contributed by atoms with Crippen molar-refractivity contribution in [2.24, 2.45) is 5.73 Å². The molecule has 0 aliphatic heterocycles. The molecule has 1 aromatic rings. The summed E-state index contributed by atoms with van der Waals surface area (Å²) in [6.45, 7) is 0. The molecule has 0 aromatic carbocycles. The Morgan fingerprint density at radius 3 is 2.79 bits per heavy atom. The van der Waals surface area contributed by atoms with Gasteiger partial charge < -0.3 is 15.8 Å². The minimum Gasteiger partial charge on any atom is -0.453 e. The molecule has 2 amide bonds. The van der Waals surface area contributed by atoms with Crippen LogP contribution in [0.15, 0.2) is 16.8 Å². The van der Waals surface area contributed by atoms with Crippen molar-refractivity contribution in [2.45, 2.75) is 6.04 Å². The van der Waals surface area contributed by atoms with Crippen LogP contribution in [0.3, 0.4) is 0 Å². The van der Waals surface area contributed by atoms with E-state index in [1.54, 1.807) is 16.8 Å². The highest BCUT2D eigenvalue weighted by Crippen LogP contribution is 2.15. The number of carbonyl (C=O) groups is 2. The smallest absolute Gasteiger partial charge is 0.407 e. The molecule has 0 radical (unpaired) electrons. The number of hydrogen-bond donors (Lipinski definition) is 2. The standard InChI is InChI=1S/C8H10N2O3S/c1-13-8(12)10-6(7(9)11)5-2-3-14-4-5/h2-4,6H,1H3,(H2,9,11)(H,10,12). The highest BCUT2D eigenvalue weighted by molar-refractivity contribution is 7.08. The molecule has 0 bridgehead atoms. The van der Waals surface area contributed by atoms with Crippen molar-refractivity contribution in [1.29, 1.82) is 0 Å². The second-order valence-electron chi connectivity index (χ2n) is 2.53. The molecule has 0 fully saturated rings. The molecule has 14 heavy (non-hydrogen) atoms. The third-order valence-corrected chi connectivity index (χ3v) is 2.31. The van der Waals surface area contributed by atoms with E-state index >= 15 is 0 Å². The lowest BCUT2D eigenvalue weighted by Crippen LogP contribution is -2.37. The highest BCUT2D eigenvalue weighted by atomic mass is 32.1. The zero-order valence-electron chi connectivity index (χ0n) is 7.52. The molecule has 1 unspecified atom stereocenters. The number of hydrogen-bond acceptors (Lipinski definition) is 4. The van der Waals surface area contributed by atoms with E-state index in [0.29, 0.717) is 5.56 Å². The Hall–Kier alpha value is -1.56. The largest absolute Gasteiger partial charge is 0.453 e. The molecule has 0 saturated carbocycles. The fourth-order valence-corrected chi connectivity index (χ4v) is 1.62. The maximum Gasteiger partial charge on any atom is 0.407 e. The Labute approximate surface area is 84.9 Å². The maximum atomic E-state index is 11.0. The maximum absolute atomic E-state index is 11.0. The highest BCUT2D eigenvalue weighted by Gasteiger charge is 2.20. The van der Waals surface area contributed by atoms with E-state index in [1.165, 1.54) is 18.4 Å². The molecule has 1 atom stereocenters. The van der Waals surface area contributed by atoms with Gasteiger partial charge in [-0.05, 0) is 22.4 Å². The first-order valence-electron chi connectivity index (χ1n) is 3.81. The first-order valence-corrected chi connectivity index (χ1v) is 4.75. The summed E-state index contributed by atoms with van der Waals surface area (Å²) < 4.78 is 4.37. The van der Waals surface area contributed by atoms with Gasteiger partial charge in [-0.1, -0.05) is 0 Å². The summed E-state index contributed by atoms with van der Waals surface area (Å²) in [6.07, 6.45) is -0.681. The topological polar surface area (TPSA) is 81.4 Å². The van der Waals surface area contributed by atoms with Crippen molar-refractivity contribution in [3.05, 3.63) is 22.4 Å². The van der Waals surface area contributed by atoms with Crippen molar-refractivity contribution < 1.29 is 14.3 Å². The molecule has 1 heterocycles. The molecule has 0 spiro atoms. The van der Waals surface area contributed by atoms with Gasteiger partial charge in [-0.25, -0.2) is 4.79 Å². The summed E-state index contributed by atoms with van der Waals surface area (Å²) in [4.78, 5) is 21.9. The van der Waals surface area contributed by atoms with E-state index in [4.69, 9.17) is 5.73 Å². The number of methoxy groups -OCH3 is 1. The molecule has 0 aliphatic rings. The van der Waals surface area contributed by atoms with Gasteiger partial charge in [-0.2, -0.15) is 11.3 Å². The SMILES string of the molecule is COC(=O)NC(C(N)=O)c1ccsc1. The predicted molar refractivity (Wildman–Crippen MR) is 51.8 cm³/mol. The van der Waals surface area contributed by atoms with Crippen LogP contribution in [0.4, 0.5) is 4.79 Å². The van der Waals surface area contributed by atoms with Gasteiger partial charge in [-0.3, -0.25) is 4.79 Å². The minimum atomic E-state index is -0.825. The van der Waals surface area contributed by atoms with Crippen LogP contribution in [-0.2, 0) is 9.53 Å². The van der Waals surface area contributed by atoms with Gasteiger partial charge in [0.1, 0.15) is 6.04 Å². The second-order valence-corrected chi connectivity index (χ2v) is 3.31. The molecule has 3 N–H and O–H groups in total. The first kappa shape index (κ1) is 10.5. The average Bonchev–Trinajstić information content (AvgIpc) is 2.65. The van der Waals surface area contributed by atoms with Gasteiger partial charge in [0.05, 0.1) is 7.11 Å². The van der Waals surface area contributed by atoms with Crippen molar-refractivity contribution in [2.75, 3.05) is 7.11 Å². The quantitative estimate of drug-likeness (QED) is 0.774.